The standard InChI is InChI=1S/C19H36N2/c1-5-6-7-8-9-10-11-12-13-14-15-20-18-19(3,4)16-17(2)21-18/h16H,5-15H2,1-4H3,(H,20,21). The first-order valence-electron chi connectivity index (χ1n) is 9.07. The quantitative estimate of drug-likeness (QED) is 0.475. The highest BCUT2D eigenvalue weighted by Gasteiger charge is 2.27. The van der Waals surface area contributed by atoms with E-state index in [9.17, 15) is 0 Å². The third kappa shape index (κ3) is 7.68. The van der Waals surface area contributed by atoms with Crippen molar-refractivity contribution in [3.8, 4) is 0 Å². The molecule has 0 atom stereocenters. The van der Waals surface area contributed by atoms with Gasteiger partial charge in [-0.1, -0.05) is 70.8 Å². The molecule has 2 heteroatoms. The van der Waals surface area contributed by atoms with Crippen LogP contribution in [0.5, 0.6) is 0 Å². The maximum absolute atomic E-state index is 4.75. The van der Waals surface area contributed by atoms with Crippen LogP contribution in [0, 0.1) is 5.41 Å². The first-order chi connectivity index (χ1) is 10.1. The molecule has 0 unspecified atom stereocenters. The summed E-state index contributed by atoms with van der Waals surface area (Å²) in [5, 5.41) is 3.39. The van der Waals surface area contributed by atoms with Crippen molar-refractivity contribution in [3.05, 3.63) is 11.8 Å². The van der Waals surface area contributed by atoms with E-state index < -0.39 is 0 Å². The minimum Gasteiger partial charge on any atom is -0.347 e. The molecule has 0 aromatic heterocycles. The topological polar surface area (TPSA) is 24.4 Å². The first-order valence-corrected chi connectivity index (χ1v) is 9.07. The van der Waals surface area contributed by atoms with Gasteiger partial charge in [-0.2, -0.15) is 0 Å². The lowest BCUT2D eigenvalue weighted by Gasteiger charge is -2.16. The van der Waals surface area contributed by atoms with Gasteiger partial charge in [-0.3, -0.25) is 4.99 Å². The average molecular weight is 293 g/mol. The van der Waals surface area contributed by atoms with E-state index in [-0.39, 0.29) is 5.41 Å². The van der Waals surface area contributed by atoms with Crippen molar-refractivity contribution in [1.82, 2.24) is 5.32 Å². The van der Waals surface area contributed by atoms with Crippen molar-refractivity contribution in [3.63, 3.8) is 0 Å². The number of nitrogens with one attached hydrogen (secondary N) is 1. The molecule has 2 nitrogen and oxygen atoms in total. The summed E-state index contributed by atoms with van der Waals surface area (Å²) in [6.07, 6.45) is 16.1. The zero-order chi connectivity index (χ0) is 15.6. The summed E-state index contributed by atoms with van der Waals surface area (Å²) in [6.45, 7) is 9.83. The summed E-state index contributed by atoms with van der Waals surface area (Å²) in [5.41, 5.74) is 1.34. The average Bonchev–Trinajstić information content (AvgIpc) is 2.68. The predicted molar refractivity (Wildman–Crippen MR) is 94.8 cm³/mol. The van der Waals surface area contributed by atoms with Gasteiger partial charge in [0.15, 0.2) is 0 Å². The first kappa shape index (κ1) is 18.3. The Morgan fingerprint density at radius 3 is 1.90 bits per heavy atom. The summed E-state index contributed by atoms with van der Waals surface area (Å²) >= 11 is 0. The molecule has 1 heterocycles. The molecule has 1 rings (SSSR count). The minimum atomic E-state index is 0.0998. The third-order valence-corrected chi connectivity index (χ3v) is 4.28. The molecular weight excluding hydrogens is 256 g/mol. The third-order valence-electron chi connectivity index (χ3n) is 4.28. The number of hydrogen-bond acceptors (Lipinski definition) is 1. The van der Waals surface area contributed by atoms with Crippen LogP contribution in [-0.4, -0.2) is 12.4 Å². The second-order valence-electron chi connectivity index (χ2n) is 7.09. The van der Waals surface area contributed by atoms with E-state index in [2.05, 4.69) is 39.1 Å². The van der Waals surface area contributed by atoms with Gasteiger partial charge in [0, 0.05) is 17.7 Å². The highest BCUT2D eigenvalue weighted by atomic mass is 15.0. The fourth-order valence-corrected chi connectivity index (χ4v) is 3.03. The lowest BCUT2D eigenvalue weighted by Crippen LogP contribution is -2.27. The van der Waals surface area contributed by atoms with Crippen LogP contribution in [0.2, 0.25) is 0 Å². The molecule has 1 aliphatic heterocycles. The van der Waals surface area contributed by atoms with Crippen LogP contribution >= 0.6 is 0 Å². The lowest BCUT2D eigenvalue weighted by atomic mass is 9.94. The molecule has 0 saturated heterocycles. The number of rotatable bonds is 11. The van der Waals surface area contributed by atoms with E-state index in [0.717, 1.165) is 12.4 Å². The normalized spacial score (nSPS) is 18.9. The summed E-state index contributed by atoms with van der Waals surface area (Å²) < 4.78 is 0. The highest BCUT2D eigenvalue weighted by molar-refractivity contribution is 5.93. The van der Waals surface area contributed by atoms with Gasteiger partial charge in [0.25, 0.3) is 0 Å². The van der Waals surface area contributed by atoms with Crippen molar-refractivity contribution in [2.45, 2.75) is 91.9 Å². The molecule has 0 aromatic carbocycles. The Kier molecular flexibility index (Phi) is 8.72. The Hall–Kier alpha value is -0.790. The van der Waals surface area contributed by atoms with Gasteiger partial charge >= 0.3 is 0 Å². The second kappa shape index (κ2) is 10.0. The Balaban J connectivity index is 1.96. The Bertz CT molecular complexity index is 339. The number of unbranched alkanes of at least 4 members (excludes halogenated alkanes) is 9. The molecule has 1 aliphatic rings. The van der Waals surface area contributed by atoms with Crippen molar-refractivity contribution < 1.29 is 0 Å². The van der Waals surface area contributed by atoms with E-state index in [4.69, 9.17) is 4.99 Å². The molecule has 0 amide bonds. The monoisotopic (exact) mass is 292 g/mol. The van der Waals surface area contributed by atoms with E-state index >= 15 is 0 Å². The van der Waals surface area contributed by atoms with Crippen LogP contribution in [0.4, 0.5) is 0 Å². The van der Waals surface area contributed by atoms with Gasteiger partial charge in [-0.15, -0.1) is 0 Å². The van der Waals surface area contributed by atoms with Gasteiger partial charge in [0.2, 0.25) is 0 Å². The molecule has 0 saturated carbocycles. The van der Waals surface area contributed by atoms with Gasteiger partial charge < -0.3 is 5.32 Å². The largest absolute Gasteiger partial charge is 0.347 e. The summed E-state index contributed by atoms with van der Waals surface area (Å²) in [7, 11) is 0. The van der Waals surface area contributed by atoms with E-state index in [0.29, 0.717) is 0 Å². The van der Waals surface area contributed by atoms with Crippen LogP contribution in [-0.2, 0) is 0 Å². The smallest absolute Gasteiger partial charge is 0.110 e. The fraction of sp³-hybridized carbons (Fsp3) is 0.842. The predicted octanol–water partition coefficient (Wildman–Crippen LogP) is 5.84. The van der Waals surface area contributed by atoms with Crippen LogP contribution in [0.3, 0.4) is 0 Å². The van der Waals surface area contributed by atoms with Crippen molar-refractivity contribution in [2.24, 2.45) is 10.4 Å². The van der Waals surface area contributed by atoms with Crippen molar-refractivity contribution >= 4 is 5.84 Å². The number of aliphatic imine (C=N–C) groups is 1. The SMILES string of the molecule is CCCCCCCCCCCCN=C1NC(C)=CC1(C)C. The molecule has 122 valence electrons. The number of nitrogens with zero attached hydrogens (tertiary/aromatic N) is 1. The fourth-order valence-electron chi connectivity index (χ4n) is 3.03. The summed E-state index contributed by atoms with van der Waals surface area (Å²) in [4.78, 5) is 4.75. The van der Waals surface area contributed by atoms with Gasteiger partial charge in [-0.05, 0) is 27.2 Å². The molecule has 0 spiro atoms. The molecule has 0 bridgehead atoms. The molecule has 0 aliphatic carbocycles. The molecule has 21 heavy (non-hydrogen) atoms. The Labute approximate surface area is 132 Å². The Morgan fingerprint density at radius 1 is 0.905 bits per heavy atom. The summed E-state index contributed by atoms with van der Waals surface area (Å²) in [5.74, 6) is 1.15. The molecule has 0 fully saturated rings. The van der Waals surface area contributed by atoms with Crippen molar-refractivity contribution in [2.75, 3.05) is 6.54 Å². The molecule has 1 N–H and O–H groups in total. The zero-order valence-electron chi connectivity index (χ0n) is 14.8. The van der Waals surface area contributed by atoms with Gasteiger partial charge in [0.1, 0.15) is 5.84 Å². The van der Waals surface area contributed by atoms with Crippen LogP contribution in [0.25, 0.3) is 0 Å². The minimum absolute atomic E-state index is 0.0998. The summed E-state index contributed by atoms with van der Waals surface area (Å²) in [6, 6.07) is 0. The van der Waals surface area contributed by atoms with Crippen molar-refractivity contribution in [1.29, 1.82) is 0 Å². The maximum Gasteiger partial charge on any atom is 0.110 e. The zero-order valence-corrected chi connectivity index (χ0v) is 14.8. The molecule has 0 radical (unpaired) electrons. The number of allylic oxidation sites excluding steroid dienone is 1. The van der Waals surface area contributed by atoms with Crippen LogP contribution < -0.4 is 5.32 Å². The molecule has 0 aromatic rings. The molecular formula is C19H36N2. The Morgan fingerprint density at radius 2 is 1.43 bits per heavy atom. The van der Waals surface area contributed by atoms with Gasteiger partial charge in [-0.25, -0.2) is 0 Å². The highest BCUT2D eigenvalue weighted by Crippen LogP contribution is 2.25. The van der Waals surface area contributed by atoms with E-state index in [1.54, 1.807) is 0 Å². The van der Waals surface area contributed by atoms with Crippen LogP contribution in [0.1, 0.15) is 91.9 Å². The van der Waals surface area contributed by atoms with Gasteiger partial charge in [0.05, 0.1) is 0 Å². The van der Waals surface area contributed by atoms with E-state index in [1.807, 2.05) is 0 Å². The lowest BCUT2D eigenvalue weighted by molar-refractivity contribution is 0.557. The number of hydrogen-bond donors (Lipinski definition) is 1. The van der Waals surface area contributed by atoms with E-state index in [1.165, 1.54) is 69.9 Å². The number of amidine groups is 1. The second-order valence-corrected chi connectivity index (χ2v) is 7.09. The van der Waals surface area contributed by atoms with Crippen LogP contribution in [0.15, 0.2) is 16.8 Å². The maximum atomic E-state index is 4.75.